The Morgan fingerprint density at radius 2 is 1.92 bits per heavy atom. The van der Waals surface area contributed by atoms with Gasteiger partial charge in [0.2, 0.25) is 0 Å². The van der Waals surface area contributed by atoms with E-state index in [2.05, 4.69) is 0 Å². The maximum absolute atomic E-state index is 13.0. The summed E-state index contributed by atoms with van der Waals surface area (Å²) in [5, 5.41) is 11.8. The fraction of sp³-hybridized carbons (Fsp3) is 0.724. The molecule has 39 heavy (non-hydrogen) atoms. The fourth-order valence-electron chi connectivity index (χ4n) is 7.30. The molecule has 2 heterocycles. The van der Waals surface area contributed by atoms with Crippen LogP contribution in [-0.2, 0) is 42.9 Å². The van der Waals surface area contributed by atoms with Crippen molar-refractivity contribution < 1.29 is 48.0 Å². The highest BCUT2D eigenvalue weighted by Gasteiger charge is 2.76. The SMILES string of the molecule is C/C=C(\C)C(=O)O[C@@H]1CC[C@]2(CO2)[C@@]2(COC(C)=O)[C@H]1[C@@](C)(C[C@H](OC(C)=O)C1=CC(=O)OC1)[C@H](C)C[C@@H]2O. The van der Waals surface area contributed by atoms with Crippen molar-refractivity contribution in [1.29, 1.82) is 0 Å². The van der Waals surface area contributed by atoms with Crippen molar-refractivity contribution >= 4 is 23.9 Å². The van der Waals surface area contributed by atoms with Gasteiger partial charge in [-0.05, 0) is 50.9 Å². The number of cyclic esters (lactones) is 1. The Balaban J connectivity index is 1.84. The molecule has 2 aliphatic carbocycles. The Labute approximate surface area is 229 Å². The van der Waals surface area contributed by atoms with Crippen LogP contribution in [0.4, 0.5) is 0 Å². The molecule has 2 saturated carbocycles. The third-order valence-electron chi connectivity index (χ3n) is 9.67. The molecule has 0 unspecified atom stereocenters. The molecule has 0 aromatic carbocycles. The molecular formula is C29H40O10. The van der Waals surface area contributed by atoms with Gasteiger partial charge in [0.15, 0.2) is 0 Å². The van der Waals surface area contributed by atoms with Gasteiger partial charge < -0.3 is 28.8 Å². The molecule has 0 amide bonds. The van der Waals surface area contributed by atoms with E-state index in [1.807, 2.05) is 13.8 Å². The highest BCUT2D eigenvalue weighted by Crippen LogP contribution is 2.69. The summed E-state index contributed by atoms with van der Waals surface area (Å²) in [7, 11) is 0. The van der Waals surface area contributed by atoms with E-state index in [-0.39, 0.29) is 25.6 Å². The van der Waals surface area contributed by atoms with Crippen LogP contribution in [0.15, 0.2) is 23.3 Å². The normalized spacial score (nSPS) is 38.3. The minimum Gasteiger partial charge on any atom is -0.465 e. The van der Waals surface area contributed by atoms with E-state index in [1.54, 1.807) is 19.9 Å². The van der Waals surface area contributed by atoms with Crippen LogP contribution in [0.1, 0.15) is 67.2 Å². The van der Waals surface area contributed by atoms with Crippen molar-refractivity contribution in [3.8, 4) is 0 Å². The minimum absolute atomic E-state index is 0.0130. The number of esters is 4. The van der Waals surface area contributed by atoms with Crippen molar-refractivity contribution in [2.75, 3.05) is 19.8 Å². The average Bonchev–Trinajstić information content (AvgIpc) is 3.52. The summed E-state index contributed by atoms with van der Waals surface area (Å²) in [5.41, 5.74) is -1.51. The quantitative estimate of drug-likeness (QED) is 0.209. The Bertz CT molecular complexity index is 1090. The molecule has 1 spiro atoms. The number of epoxide rings is 1. The Morgan fingerprint density at radius 1 is 1.23 bits per heavy atom. The summed E-state index contributed by atoms with van der Waals surface area (Å²) in [6.45, 7) is 10.4. The third-order valence-corrected chi connectivity index (χ3v) is 9.67. The predicted octanol–water partition coefficient (Wildman–Crippen LogP) is 2.80. The topological polar surface area (TPSA) is 138 Å². The largest absolute Gasteiger partial charge is 0.465 e. The van der Waals surface area contributed by atoms with Crippen molar-refractivity contribution in [1.82, 2.24) is 0 Å². The van der Waals surface area contributed by atoms with Crippen molar-refractivity contribution in [3.63, 3.8) is 0 Å². The van der Waals surface area contributed by atoms with E-state index in [0.29, 0.717) is 37.0 Å². The first-order valence-electron chi connectivity index (χ1n) is 13.6. The Morgan fingerprint density at radius 3 is 2.46 bits per heavy atom. The van der Waals surface area contributed by atoms with Gasteiger partial charge in [-0.15, -0.1) is 0 Å². The lowest BCUT2D eigenvalue weighted by Crippen LogP contribution is -2.70. The summed E-state index contributed by atoms with van der Waals surface area (Å²) in [4.78, 5) is 49.2. The number of aliphatic hydroxyl groups is 1. The van der Waals surface area contributed by atoms with E-state index in [9.17, 15) is 24.3 Å². The predicted molar refractivity (Wildman–Crippen MR) is 137 cm³/mol. The van der Waals surface area contributed by atoms with E-state index in [0.717, 1.165) is 0 Å². The molecule has 4 aliphatic rings. The van der Waals surface area contributed by atoms with E-state index >= 15 is 0 Å². The molecule has 0 aromatic heterocycles. The molecule has 2 aliphatic heterocycles. The molecule has 0 radical (unpaired) electrons. The van der Waals surface area contributed by atoms with Gasteiger partial charge in [0.25, 0.3) is 0 Å². The molecule has 10 heteroatoms. The highest BCUT2D eigenvalue weighted by molar-refractivity contribution is 5.87. The molecule has 1 N–H and O–H groups in total. The fourth-order valence-corrected chi connectivity index (χ4v) is 7.30. The van der Waals surface area contributed by atoms with Gasteiger partial charge in [-0.2, -0.15) is 0 Å². The van der Waals surface area contributed by atoms with Crippen LogP contribution >= 0.6 is 0 Å². The Kier molecular flexibility index (Phi) is 8.02. The summed E-state index contributed by atoms with van der Waals surface area (Å²) in [6.07, 6.45) is 2.40. The molecule has 216 valence electrons. The van der Waals surface area contributed by atoms with Crippen molar-refractivity contribution in [2.24, 2.45) is 22.7 Å². The van der Waals surface area contributed by atoms with Gasteiger partial charge in [-0.3, -0.25) is 9.59 Å². The molecule has 4 rings (SSSR count). The second kappa shape index (κ2) is 10.7. The van der Waals surface area contributed by atoms with E-state index < -0.39 is 64.5 Å². The monoisotopic (exact) mass is 548 g/mol. The number of allylic oxidation sites excluding steroid dienone is 1. The van der Waals surface area contributed by atoms with Crippen LogP contribution in [0.2, 0.25) is 0 Å². The summed E-state index contributed by atoms with van der Waals surface area (Å²) in [6, 6.07) is 0. The lowest BCUT2D eigenvalue weighted by atomic mass is 9.42. The van der Waals surface area contributed by atoms with Crippen LogP contribution in [-0.4, -0.2) is 72.7 Å². The van der Waals surface area contributed by atoms with Gasteiger partial charge in [0.1, 0.15) is 31.0 Å². The number of ether oxygens (including phenoxy) is 5. The molecule has 0 bridgehead atoms. The van der Waals surface area contributed by atoms with Crippen LogP contribution in [0.25, 0.3) is 0 Å². The smallest absolute Gasteiger partial charge is 0.333 e. The number of carbonyl (C=O) groups excluding carboxylic acids is 4. The van der Waals surface area contributed by atoms with Gasteiger partial charge in [-0.1, -0.05) is 19.9 Å². The number of hydrogen-bond donors (Lipinski definition) is 1. The van der Waals surface area contributed by atoms with Gasteiger partial charge in [0, 0.05) is 37.0 Å². The van der Waals surface area contributed by atoms with Crippen molar-refractivity contribution in [3.05, 3.63) is 23.3 Å². The molecular weight excluding hydrogens is 508 g/mol. The van der Waals surface area contributed by atoms with Gasteiger partial charge in [-0.25, -0.2) is 9.59 Å². The maximum atomic E-state index is 13.0. The first-order chi connectivity index (χ1) is 18.3. The second-order valence-electron chi connectivity index (χ2n) is 11.8. The zero-order chi connectivity index (χ0) is 28.8. The summed E-state index contributed by atoms with van der Waals surface area (Å²) < 4.78 is 28.7. The average molecular weight is 549 g/mol. The van der Waals surface area contributed by atoms with Gasteiger partial charge >= 0.3 is 23.9 Å². The Hall–Kier alpha value is -2.72. The first-order valence-corrected chi connectivity index (χ1v) is 13.6. The summed E-state index contributed by atoms with van der Waals surface area (Å²) in [5.74, 6) is -2.60. The van der Waals surface area contributed by atoms with Gasteiger partial charge in [0.05, 0.1) is 18.1 Å². The number of aliphatic hydroxyl groups excluding tert-OH is 1. The number of fused-ring (bicyclic) bond motifs is 2. The zero-order valence-electron chi connectivity index (χ0n) is 23.6. The van der Waals surface area contributed by atoms with Crippen LogP contribution in [0.5, 0.6) is 0 Å². The third kappa shape index (κ3) is 5.13. The number of rotatable bonds is 8. The number of hydrogen-bond acceptors (Lipinski definition) is 10. The van der Waals surface area contributed by atoms with E-state index in [4.69, 9.17) is 23.7 Å². The second-order valence-corrected chi connectivity index (χ2v) is 11.8. The lowest BCUT2D eigenvalue weighted by Gasteiger charge is -2.64. The molecule has 10 nitrogen and oxygen atoms in total. The number of carbonyl (C=O) groups is 4. The molecule has 1 saturated heterocycles. The molecule has 0 aromatic rings. The zero-order valence-corrected chi connectivity index (χ0v) is 23.6. The maximum Gasteiger partial charge on any atom is 0.333 e. The standard InChI is InChI=1S/C29H40O10/c1-7-16(2)26(34)39-21-8-9-28(14-37-28)29(15-36-18(4)30)23(32)10-17(3)27(6,25(21)29)12-22(38-19(5)31)20-11-24(33)35-13-20/h7,11,17,21-23,25,32H,8-10,12-15H2,1-6H3/b16-7+/t17-,21-,22+,23+,25-,27+,28+,29-/m1/s1. The highest BCUT2D eigenvalue weighted by atomic mass is 16.6. The van der Waals surface area contributed by atoms with Crippen LogP contribution < -0.4 is 0 Å². The molecule has 8 atom stereocenters. The molecule has 3 fully saturated rings. The van der Waals surface area contributed by atoms with Crippen LogP contribution in [0.3, 0.4) is 0 Å². The van der Waals surface area contributed by atoms with E-state index in [1.165, 1.54) is 19.9 Å². The van der Waals surface area contributed by atoms with Crippen LogP contribution in [0, 0.1) is 22.7 Å². The first kappa shape index (κ1) is 29.3. The summed E-state index contributed by atoms with van der Waals surface area (Å²) >= 11 is 0. The van der Waals surface area contributed by atoms with Crippen molar-refractivity contribution in [2.45, 2.75) is 91.1 Å². The minimum atomic E-state index is -1.07. The lowest BCUT2D eigenvalue weighted by molar-refractivity contribution is -0.253.